The topological polar surface area (TPSA) is 85.7 Å². The number of carbonyl (C=O) groups is 2. The number of ketones is 1. The van der Waals surface area contributed by atoms with Crippen LogP contribution in [0.15, 0.2) is 65.9 Å². The second-order valence-corrected chi connectivity index (χ2v) is 9.53. The molecule has 0 radical (unpaired) electrons. The van der Waals surface area contributed by atoms with Crippen molar-refractivity contribution < 1.29 is 24.2 Å². The fourth-order valence-corrected chi connectivity index (χ4v) is 6.15. The molecule has 1 aliphatic heterocycles. The number of hydrogen-bond acceptors (Lipinski definition) is 6. The number of methoxy groups -OCH3 is 1. The van der Waals surface area contributed by atoms with Crippen LogP contribution >= 0.6 is 23.2 Å². The highest BCUT2D eigenvalue weighted by Gasteiger charge is 2.80. The van der Waals surface area contributed by atoms with E-state index in [0.29, 0.717) is 15.6 Å². The zero-order valence-corrected chi connectivity index (χ0v) is 19.4. The lowest BCUT2D eigenvalue weighted by Crippen LogP contribution is -2.59. The van der Waals surface area contributed by atoms with E-state index in [-0.39, 0.29) is 17.4 Å². The highest BCUT2D eigenvalue weighted by molar-refractivity contribution is 6.31. The van der Waals surface area contributed by atoms with Crippen LogP contribution in [0.1, 0.15) is 24.1 Å². The third kappa shape index (κ3) is 2.87. The third-order valence-electron chi connectivity index (χ3n) is 7.00. The van der Waals surface area contributed by atoms with Gasteiger partial charge in [0.05, 0.1) is 12.1 Å². The number of pyridine rings is 1. The highest BCUT2D eigenvalue weighted by atomic mass is 35.5. The molecule has 1 fully saturated rings. The van der Waals surface area contributed by atoms with Gasteiger partial charge in [-0.1, -0.05) is 72.6 Å². The number of ether oxygens (including phenoxy) is 2. The molecule has 33 heavy (non-hydrogen) atoms. The number of allylic oxidation sites excluding steroid dienone is 3. The van der Waals surface area contributed by atoms with Crippen molar-refractivity contribution in [2.24, 2.45) is 17.8 Å². The summed E-state index contributed by atoms with van der Waals surface area (Å²) < 4.78 is 11.6. The van der Waals surface area contributed by atoms with Crippen LogP contribution in [0.25, 0.3) is 0 Å². The van der Waals surface area contributed by atoms with Crippen molar-refractivity contribution in [1.29, 1.82) is 0 Å². The summed E-state index contributed by atoms with van der Waals surface area (Å²) in [4.78, 5) is 31.3. The van der Waals surface area contributed by atoms with E-state index in [9.17, 15) is 14.7 Å². The van der Waals surface area contributed by atoms with Crippen LogP contribution < -0.4 is 4.74 Å². The maximum absolute atomic E-state index is 14.0. The average molecular weight is 486 g/mol. The molecule has 0 saturated heterocycles. The Labute approximate surface area is 200 Å². The van der Waals surface area contributed by atoms with E-state index in [4.69, 9.17) is 32.7 Å². The molecule has 3 aliphatic rings. The summed E-state index contributed by atoms with van der Waals surface area (Å²) in [6, 6.07) is 10.6. The quantitative estimate of drug-likeness (QED) is 0.518. The molecule has 1 aromatic heterocycles. The molecule has 8 heteroatoms. The predicted molar refractivity (Wildman–Crippen MR) is 122 cm³/mol. The number of benzene rings is 1. The Bertz CT molecular complexity index is 1210. The van der Waals surface area contributed by atoms with Gasteiger partial charge >= 0.3 is 5.97 Å². The monoisotopic (exact) mass is 485 g/mol. The highest BCUT2D eigenvalue weighted by Crippen LogP contribution is 2.66. The van der Waals surface area contributed by atoms with Crippen LogP contribution in [0.3, 0.4) is 0 Å². The Morgan fingerprint density at radius 2 is 1.97 bits per heavy atom. The molecule has 2 aromatic rings. The molecule has 6 atom stereocenters. The van der Waals surface area contributed by atoms with E-state index < -0.39 is 40.7 Å². The fraction of sp³-hybridized carbons (Fsp3) is 0.320. The first-order valence-corrected chi connectivity index (χ1v) is 11.3. The van der Waals surface area contributed by atoms with Crippen molar-refractivity contribution in [3.8, 4) is 5.75 Å². The number of fused-ring (bicyclic) bond motifs is 3. The number of aromatic nitrogens is 1. The fourth-order valence-electron chi connectivity index (χ4n) is 5.73. The van der Waals surface area contributed by atoms with Gasteiger partial charge in [-0.3, -0.25) is 14.6 Å². The Kier molecular flexibility index (Phi) is 5.16. The SMILES string of the molecule is COC(=O)[C@H]1C(=O)[C@@]2(O)c3ncc(Cl)cc3O[C@@]2(C2C=CC(Cl)=CC2C)[C@@H]1c1ccccc1. The van der Waals surface area contributed by atoms with Crippen molar-refractivity contribution >= 4 is 35.0 Å². The maximum atomic E-state index is 14.0. The smallest absolute Gasteiger partial charge is 0.317 e. The lowest BCUT2D eigenvalue weighted by molar-refractivity contribution is -0.159. The van der Waals surface area contributed by atoms with Crippen molar-refractivity contribution in [3.05, 3.63) is 82.1 Å². The Morgan fingerprint density at radius 1 is 1.24 bits per heavy atom. The summed E-state index contributed by atoms with van der Waals surface area (Å²) >= 11 is 12.4. The first-order valence-electron chi connectivity index (χ1n) is 10.6. The predicted octanol–water partition coefficient (Wildman–Crippen LogP) is 4.15. The summed E-state index contributed by atoms with van der Waals surface area (Å²) in [6.45, 7) is 1.93. The zero-order valence-electron chi connectivity index (χ0n) is 17.9. The second kappa shape index (κ2) is 7.69. The number of carbonyl (C=O) groups excluding carboxylic acids is 2. The number of nitrogens with zero attached hydrogens (tertiary/aromatic N) is 1. The van der Waals surface area contributed by atoms with Crippen LogP contribution in [0.4, 0.5) is 0 Å². The third-order valence-corrected chi connectivity index (χ3v) is 7.46. The van der Waals surface area contributed by atoms with Gasteiger partial charge in [0.2, 0.25) is 5.60 Å². The maximum Gasteiger partial charge on any atom is 0.317 e. The van der Waals surface area contributed by atoms with Crippen LogP contribution in [0.5, 0.6) is 5.75 Å². The van der Waals surface area contributed by atoms with Gasteiger partial charge < -0.3 is 14.6 Å². The summed E-state index contributed by atoms with van der Waals surface area (Å²) in [5.74, 6) is -4.15. The molecule has 0 bridgehead atoms. The molecule has 6 nitrogen and oxygen atoms in total. The van der Waals surface area contributed by atoms with Gasteiger partial charge in [-0.15, -0.1) is 0 Å². The van der Waals surface area contributed by atoms with Crippen molar-refractivity contribution in [3.63, 3.8) is 0 Å². The Morgan fingerprint density at radius 3 is 2.64 bits per heavy atom. The molecule has 0 amide bonds. The molecule has 2 aliphatic carbocycles. The van der Waals surface area contributed by atoms with Crippen LogP contribution in [-0.2, 0) is 19.9 Å². The standard InChI is InChI=1S/C25H21Cl2NO5/c1-13-10-15(26)8-9-17(13)25-20(14-6-4-3-5-7-14)19(23(30)32-2)22(29)24(25,31)21-18(33-25)11-16(27)12-28-21/h3-13,17,19-20,31H,1-2H3/t13?,17?,19-,20-,24+,25+/m1/s1. The van der Waals surface area contributed by atoms with Gasteiger partial charge in [0.25, 0.3) is 0 Å². The average Bonchev–Trinajstić information content (AvgIpc) is 3.16. The lowest BCUT2D eigenvalue weighted by atomic mass is 9.64. The first kappa shape index (κ1) is 22.1. The lowest BCUT2D eigenvalue weighted by Gasteiger charge is -2.45. The minimum atomic E-state index is -2.22. The molecule has 1 N–H and O–H groups in total. The summed E-state index contributed by atoms with van der Waals surface area (Å²) in [6.07, 6.45) is 6.73. The summed E-state index contributed by atoms with van der Waals surface area (Å²) in [5, 5.41) is 13.1. The van der Waals surface area contributed by atoms with Gasteiger partial charge in [0.15, 0.2) is 11.4 Å². The van der Waals surface area contributed by atoms with Crippen molar-refractivity contribution in [2.45, 2.75) is 24.0 Å². The second-order valence-electron chi connectivity index (χ2n) is 8.65. The van der Waals surface area contributed by atoms with Crippen molar-refractivity contribution in [2.75, 3.05) is 7.11 Å². The molecule has 5 rings (SSSR count). The van der Waals surface area contributed by atoms with E-state index in [0.717, 1.165) is 0 Å². The molecule has 2 unspecified atom stereocenters. The Hall–Kier alpha value is -2.67. The van der Waals surface area contributed by atoms with Gasteiger partial charge in [-0.05, 0) is 17.6 Å². The minimum absolute atomic E-state index is 0.0467. The molecular weight excluding hydrogens is 465 g/mol. The molecular formula is C25H21Cl2NO5. The van der Waals surface area contributed by atoms with Gasteiger partial charge in [0.1, 0.15) is 17.4 Å². The van der Waals surface area contributed by atoms with Crippen molar-refractivity contribution in [1.82, 2.24) is 4.98 Å². The largest absolute Gasteiger partial charge is 0.480 e. The minimum Gasteiger partial charge on any atom is -0.480 e. The summed E-state index contributed by atoms with van der Waals surface area (Å²) in [5.41, 5.74) is -3.09. The number of halogens is 2. The number of esters is 1. The number of hydrogen-bond donors (Lipinski definition) is 1. The van der Waals surface area contributed by atoms with Crippen LogP contribution in [0.2, 0.25) is 5.02 Å². The molecule has 1 aromatic carbocycles. The molecule has 2 heterocycles. The molecule has 1 saturated carbocycles. The van der Waals surface area contributed by atoms with Gasteiger partial charge in [-0.2, -0.15) is 0 Å². The molecule has 0 spiro atoms. The van der Waals surface area contributed by atoms with E-state index in [1.54, 1.807) is 6.08 Å². The normalized spacial score (nSPS) is 34.3. The van der Waals surface area contributed by atoms with Gasteiger partial charge in [0, 0.05) is 29.1 Å². The van der Waals surface area contributed by atoms with E-state index in [2.05, 4.69) is 4.98 Å². The number of aliphatic hydroxyl groups is 1. The number of Topliss-reactive ketones (excluding diaryl/α,β-unsaturated/α-hetero) is 1. The van der Waals surface area contributed by atoms with E-state index in [1.165, 1.54) is 19.4 Å². The first-order chi connectivity index (χ1) is 15.8. The van der Waals surface area contributed by atoms with Crippen LogP contribution in [-0.4, -0.2) is 34.6 Å². The van der Waals surface area contributed by atoms with Crippen LogP contribution in [0, 0.1) is 17.8 Å². The van der Waals surface area contributed by atoms with E-state index >= 15 is 0 Å². The zero-order chi connectivity index (χ0) is 23.5. The molecule has 170 valence electrons. The van der Waals surface area contributed by atoms with Gasteiger partial charge in [-0.25, -0.2) is 0 Å². The van der Waals surface area contributed by atoms with E-state index in [1.807, 2.05) is 49.4 Å². The summed E-state index contributed by atoms with van der Waals surface area (Å²) in [7, 11) is 1.22. The number of rotatable bonds is 3. The Balaban J connectivity index is 1.84.